The highest BCUT2D eigenvalue weighted by atomic mass is 35.5. The molecule has 0 aliphatic rings. The molecule has 0 aliphatic heterocycles. The number of aromatic nitrogens is 2. The lowest BCUT2D eigenvalue weighted by Gasteiger charge is -2.14. The van der Waals surface area contributed by atoms with Gasteiger partial charge in [-0.2, -0.15) is 13.2 Å². The first-order valence-electron chi connectivity index (χ1n) is 6.06. The third-order valence-electron chi connectivity index (χ3n) is 2.88. The van der Waals surface area contributed by atoms with Gasteiger partial charge in [0.1, 0.15) is 18.0 Å². The highest BCUT2D eigenvalue weighted by molar-refractivity contribution is 6.33. The first-order chi connectivity index (χ1) is 9.82. The molecule has 0 saturated heterocycles. The van der Waals surface area contributed by atoms with Gasteiger partial charge in [0.05, 0.1) is 16.3 Å². The normalized spacial score (nSPS) is 11.5. The van der Waals surface area contributed by atoms with Crippen LogP contribution in [0.5, 0.6) is 0 Å². The molecule has 2 rings (SSSR count). The molecule has 3 N–H and O–H groups in total. The first kappa shape index (κ1) is 15.4. The molecule has 0 aliphatic carbocycles. The van der Waals surface area contributed by atoms with Crippen molar-refractivity contribution in [3.05, 3.63) is 40.7 Å². The molecule has 0 unspecified atom stereocenters. The third kappa shape index (κ3) is 3.36. The van der Waals surface area contributed by atoms with E-state index in [1.165, 1.54) is 12.4 Å². The van der Waals surface area contributed by atoms with Crippen molar-refractivity contribution < 1.29 is 13.2 Å². The number of hydrogen-bond donors (Lipinski definition) is 2. The summed E-state index contributed by atoms with van der Waals surface area (Å²) < 4.78 is 38.2. The average molecular weight is 317 g/mol. The monoisotopic (exact) mass is 316 g/mol. The Hall–Kier alpha value is -2.02. The lowest BCUT2D eigenvalue weighted by atomic mass is 10.1. The van der Waals surface area contributed by atoms with E-state index in [0.717, 1.165) is 12.1 Å². The summed E-state index contributed by atoms with van der Waals surface area (Å²) in [4.78, 5) is 7.84. The summed E-state index contributed by atoms with van der Waals surface area (Å²) in [6, 6.07) is 3.03. The van der Waals surface area contributed by atoms with Crippen molar-refractivity contribution in [3.63, 3.8) is 0 Å². The molecule has 1 heterocycles. The van der Waals surface area contributed by atoms with E-state index in [-0.39, 0.29) is 16.5 Å². The van der Waals surface area contributed by atoms with Crippen molar-refractivity contribution in [1.29, 1.82) is 0 Å². The summed E-state index contributed by atoms with van der Waals surface area (Å²) in [6.07, 6.45) is -2.68. The van der Waals surface area contributed by atoms with Crippen LogP contribution in [0.1, 0.15) is 18.1 Å². The fourth-order valence-corrected chi connectivity index (χ4v) is 1.97. The Morgan fingerprint density at radius 3 is 2.62 bits per heavy atom. The van der Waals surface area contributed by atoms with Crippen LogP contribution in [-0.4, -0.2) is 9.97 Å². The standard InChI is InChI=1S/C13H12ClF3N4/c1-2-8-11(18)19-6-20-12(8)21-10-5-7(13(15,16)17)3-4-9(10)14/h3-6H,2H2,1H3,(H3,18,19,20,21). The van der Waals surface area contributed by atoms with Gasteiger partial charge in [-0.1, -0.05) is 18.5 Å². The van der Waals surface area contributed by atoms with Gasteiger partial charge in [0.25, 0.3) is 0 Å². The second-order valence-corrected chi connectivity index (χ2v) is 4.66. The van der Waals surface area contributed by atoms with Gasteiger partial charge in [-0.25, -0.2) is 9.97 Å². The lowest BCUT2D eigenvalue weighted by Crippen LogP contribution is -2.07. The van der Waals surface area contributed by atoms with E-state index in [4.69, 9.17) is 17.3 Å². The molecular weight excluding hydrogens is 305 g/mol. The Labute approximate surface area is 124 Å². The number of rotatable bonds is 3. The summed E-state index contributed by atoms with van der Waals surface area (Å²) in [5, 5.41) is 2.94. The van der Waals surface area contributed by atoms with Crippen LogP contribution in [0.3, 0.4) is 0 Å². The minimum atomic E-state index is -4.45. The second-order valence-electron chi connectivity index (χ2n) is 4.26. The maximum absolute atomic E-state index is 12.7. The fraction of sp³-hybridized carbons (Fsp3) is 0.231. The van der Waals surface area contributed by atoms with E-state index in [2.05, 4.69) is 15.3 Å². The number of anilines is 3. The van der Waals surface area contributed by atoms with Crippen LogP contribution < -0.4 is 11.1 Å². The highest BCUT2D eigenvalue weighted by Crippen LogP contribution is 2.35. The molecule has 0 spiro atoms. The van der Waals surface area contributed by atoms with Crippen LogP contribution in [-0.2, 0) is 12.6 Å². The molecule has 0 bridgehead atoms. The van der Waals surface area contributed by atoms with E-state index in [0.29, 0.717) is 17.8 Å². The summed E-state index contributed by atoms with van der Waals surface area (Å²) in [7, 11) is 0. The van der Waals surface area contributed by atoms with E-state index < -0.39 is 11.7 Å². The van der Waals surface area contributed by atoms with Gasteiger partial charge in [-0.05, 0) is 24.6 Å². The minimum Gasteiger partial charge on any atom is -0.383 e. The molecule has 112 valence electrons. The number of nitrogens with one attached hydrogen (secondary N) is 1. The molecule has 0 radical (unpaired) electrons. The summed E-state index contributed by atoms with van der Waals surface area (Å²) in [5.41, 5.74) is 5.65. The number of benzene rings is 1. The van der Waals surface area contributed by atoms with Gasteiger partial charge in [-0.3, -0.25) is 0 Å². The number of halogens is 4. The first-order valence-corrected chi connectivity index (χ1v) is 6.43. The molecule has 8 heteroatoms. The largest absolute Gasteiger partial charge is 0.416 e. The van der Waals surface area contributed by atoms with E-state index in [9.17, 15) is 13.2 Å². The van der Waals surface area contributed by atoms with Gasteiger partial charge in [0, 0.05) is 5.56 Å². The van der Waals surface area contributed by atoms with E-state index in [1.807, 2.05) is 6.92 Å². The molecule has 0 amide bonds. The van der Waals surface area contributed by atoms with Crippen LogP contribution in [0.25, 0.3) is 0 Å². The second kappa shape index (κ2) is 5.77. The summed E-state index contributed by atoms with van der Waals surface area (Å²) in [6.45, 7) is 1.84. The SMILES string of the molecule is CCc1c(N)ncnc1Nc1cc(C(F)(F)F)ccc1Cl. The minimum absolute atomic E-state index is 0.110. The topological polar surface area (TPSA) is 63.8 Å². The Balaban J connectivity index is 2.42. The maximum atomic E-state index is 12.7. The Bertz CT molecular complexity index is 658. The smallest absolute Gasteiger partial charge is 0.383 e. The van der Waals surface area contributed by atoms with Crippen molar-refractivity contribution in [1.82, 2.24) is 9.97 Å². The number of nitrogen functional groups attached to an aromatic ring is 1. The zero-order chi connectivity index (χ0) is 15.6. The average Bonchev–Trinajstić information content (AvgIpc) is 2.40. The molecule has 0 fully saturated rings. The van der Waals surface area contributed by atoms with Crippen LogP contribution in [0.4, 0.5) is 30.5 Å². The number of nitrogens with two attached hydrogens (primary N) is 1. The van der Waals surface area contributed by atoms with E-state index in [1.54, 1.807) is 0 Å². The van der Waals surface area contributed by atoms with Gasteiger partial charge < -0.3 is 11.1 Å². The predicted molar refractivity (Wildman–Crippen MR) is 75.6 cm³/mol. The molecule has 1 aromatic carbocycles. The van der Waals surface area contributed by atoms with Gasteiger partial charge in [-0.15, -0.1) is 0 Å². The Morgan fingerprint density at radius 2 is 2.00 bits per heavy atom. The quantitative estimate of drug-likeness (QED) is 0.897. The van der Waals surface area contributed by atoms with Gasteiger partial charge in [0.2, 0.25) is 0 Å². The van der Waals surface area contributed by atoms with Crippen molar-refractivity contribution in [3.8, 4) is 0 Å². The van der Waals surface area contributed by atoms with Crippen molar-refractivity contribution in [2.45, 2.75) is 19.5 Å². The lowest BCUT2D eigenvalue weighted by molar-refractivity contribution is -0.137. The molecular formula is C13H12ClF3N4. The summed E-state index contributed by atoms with van der Waals surface area (Å²) >= 11 is 5.93. The predicted octanol–water partition coefficient (Wildman–Crippen LogP) is 4.04. The van der Waals surface area contributed by atoms with Gasteiger partial charge >= 0.3 is 6.18 Å². The third-order valence-corrected chi connectivity index (χ3v) is 3.21. The van der Waals surface area contributed by atoms with Crippen LogP contribution in [0, 0.1) is 0 Å². The number of alkyl halides is 3. The molecule has 0 atom stereocenters. The van der Waals surface area contributed by atoms with Crippen molar-refractivity contribution in [2.24, 2.45) is 0 Å². The van der Waals surface area contributed by atoms with Crippen LogP contribution in [0.2, 0.25) is 5.02 Å². The molecule has 4 nitrogen and oxygen atoms in total. The highest BCUT2D eigenvalue weighted by Gasteiger charge is 2.31. The molecule has 2 aromatic rings. The molecule has 21 heavy (non-hydrogen) atoms. The zero-order valence-electron chi connectivity index (χ0n) is 11.0. The Kier molecular flexibility index (Phi) is 4.22. The zero-order valence-corrected chi connectivity index (χ0v) is 11.8. The molecule has 0 saturated carbocycles. The fourth-order valence-electron chi connectivity index (χ4n) is 1.81. The van der Waals surface area contributed by atoms with Crippen molar-refractivity contribution in [2.75, 3.05) is 11.1 Å². The maximum Gasteiger partial charge on any atom is 0.416 e. The number of hydrogen-bond acceptors (Lipinski definition) is 4. The van der Waals surface area contributed by atoms with Crippen LogP contribution >= 0.6 is 11.6 Å². The van der Waals surface area contributed by atoms with Crippen molar-refractivity contribution >= 4 is 28.9 Å². The Morgan fingerprint density at radius 1 is 1.29 bits per heavy atom. The van der Waals surface area contributed by atoms with Gasteiger partial charge in [0.15, 0.2) is 0 Å². The molecule has 1 aromatic heterocycles. The number of nitrogens with zero attached hydrogens (tertiary/aromatic N) is 2. The summed E-state index contributed by atoms with van der Waals surface area (Å²) in [5.74, 6) is 0.615. The van der Waals surface area contributed by atoms with Crippen LogP contribution in [0.15, 0.2) is 24.5 Å². The van der Waals surface area contributed by atoms with E-state index >= 15 is 0 Å².